The maximum Gasteiger partial charge on any atom is 0.286 e. The van der Waals surface area contributed by atoms with E-state index in [9.17, 15) is 14.4 Å². The minimum atomic E-state index is -0.615. The first-order valence-electron chi connectivity index (χ1n) is 7.57. The molecular weight excluding hydrogens is 364 g/mol. The van der Waals surface area contributed by atoms with Gasteiger partial charge in [0.15, 0.2) is 0 Å². The predicted molar refractivity (Wildman–Crippen MR) is 88.3 cm³/mol. The summed E-state index contributed by atoms with van der Waals surface area (Å²) in [6.45, 7) is 1.38. The number of hydrazine groups is 1. The molecule has 3 amide bonds. The number of nitrogens with zero attached hydrogens (tertiary/aromatic N) is 1. The first kappa shape index (κ1) is 17.5. The molecule has 1 heterocycles. The number of amides is 3. The third-order valence-electron chi connectivity index (χ3n) is 4.02. The highest BCUT2D eigenvalue weighted by Gasteiger charge is 2.31. The Balaban J connectivity index is 1.96. The summed E-state index contributed by atoms with van der Waals surface area (Å²) in [6.07, 6.45) is 5.65. The zero-order valence-corrected chi connectivity index (χ0v) is 14.8. The van der Waals surface area contributed by atoms with Gasteiger partial charge in [0, 0.05) is 24.6 Å². The Kier molecular flexibility index (Phi) is 5.81. The second-order valence-electron chi connectivity index (χ2n) is 5.82. The van der Waals surface area contributed by atoms with Crippen LogP contribution in [-0.4, -0.2) is 28.3 Å². The van der Waals surface area contributed by atoms with Gasteiger partial charge in [0.25, 0.3) is 11.8 Å². The molecule has 2 rings (SSSR count). The van der Waals surface area contributed by atoms with Crippen molar-refractivity contribution in [2.75, 3.05) is 0 Å². The normalized spacial score (nSPS) is 16.0. The maximum atomic E-state index is 12.3. The van der Waals surface area contributed by atoms with Crippen molar-refractivity contribution in [3.63, 3.8) is 0 Å². The van der Waals surface area contributed by atoms with Gasteiger partial charge in [0.05, 0.1) is 0 Å². The standard InChI is InChI=1S/C15H21BrN4O3/c1-9(21)17-13(10-5-3-4-6-10)15(23)19-18-14(22)12-7-11(16)8-20(12)2/h7-8,10,13H,3-6H2,1-2H3,(H,17,21)(H,18,22)(H,19,23). The largest absolute Gasteiger partial charge is 0.345 e. The molecule has 0 radical (unpaired) electrons. The van der Waals surface area contributed by atoms with E-state index in [0.29, 0.717) is 5.69 Å². The van der Waals surface area contributed by atoms with Gasteiger partial charge in [0.2, 0.25) is 5.91 Å². The molecule has 0 spiro atoms. The lowest BCUT2D eigenvalue weighted by Gasteiger charge is -2.23. The van der Waals surface area contributed by atoms with E-state index in [1.807, 2.05) is 0 Å². The Morgan fingerprint density at radius 1 is 1.26 bits per heavy atom. The summed E-state index contributed by atoms with van der Waals surface area (Å²) in [6, 6.07) is 1.04. The third kappa shape index (κ3) is 4.57. The van der Waals surface area contributed by atoms with E-state index < -0.39 is 17.9 Å². The van der Waals surface area contributed by atoms with Crippen LogP contribution in [0.25, 0.3) is 0 Å². The van der Waals surface area contributed by atoms with Crippen molar-refractivity contribution in [3.05, 3.63) is 22.4 Å². The molecule has 1 saturated carbocycles. The Morgan fingerprint density at radius 3 is 2.43 bits per heavy atom. The molecule has 1 fully saturated rings. The Bertz CT molecular complexity index is 608. The van der Waals surface area contributed by atoms with Crippen LogP contribution in [0.1, 0.15) is 43.1 Å². The maximum absolute atomic E-state index is 12.3. The van der Waals surface area contributed by atoms with Crippen LogP contribution in [0.2, 0.25) is 0 Å². The number of aromatic nitrogens is 1. The summed E-state index contributed by atoms with van der Waals surface area (Å²) < 4.78 is 2.42. The van der Waals surface area contributed by atoms with Gasteiger partial charge in [-0.25, -0.2) is 0 Å². The third-order valence-corrected chi connectivity index (χ3v) is 4.45. The van der Waals surface area contributed by atoms with Gasteiger partial charge >= 0.3 is 0 Å². The van der Waals surface area contributed by atoms with Crippen molar-refractivity contribution in [2.45, 2.75) is 38.6 Å². The Morgan fingerprint density at radius 2 is 1.91 bits per heavy atom. The number of hydrogen-bond acceptors (Lipinski definition) is 3. The second-order valence-corrected chi connectivity index (χ2v) is 6.74. The highest BCUT2D eigenvalue weighted by atomic mass is 79.9. The second kappa shape index (κ2) is 7.63. The monoisotopic (exact) mass is 384 g/mol. The fourth-order valence-electron chi connectivity index (χ4n) is 2.92. The minimum absolute atomic E-state index is 0.111. The quantitative estimate of drug-likeness (QED) is 0.681. The average Bonchev–Trinajstić information content (AvgIpc) is 3.11. The van der Waals surface area contributed by atoms with Crippen molar-refractivity contribution >= 4 is 33.7 Å². The van der Waals surface area contributed by atoms with Crippen LogP contribution in [-0.2, 0) is 16.6 Å². The molecule has 1 unspecified atom stereocenters. The zero-order chi connectivity index (χ0) is 17.0. The Labute approximate surface area is 143 Å². The highest BCUT2D eigenvalue weighted by Crippen LogP contribution is 2.27. The van der Waals surface area contributed by atoms with Gasteiger partial charge in [0.1, 0.15) is 11.7 Å². The fourth-order valence-corrected chi connectivity index (χ4v) is 3.44. The van der Waals surface area contributed by atoms with Gasteiger partial charge in [-0.2, -0.15) is 0 Å². The van der Waals surface area contributed by atoms with E-state index in [0.717, 1.165) is 30.2 Å². The van der Waals surface area contributed by atoms with Crippen molar-refractivity contribution in [3.8, 4) is 0 Å². The SMILES string of the molecule is CC(=O)NC(C(=O)NNC(=O)c1cc(Br)cn1C)C1CCCC1. The molecule has 3 N–H and O–H groups in total. The molecule has 126 valence electrons. The van der Waals surface area contributed by atoms with Crippen LogP contribution in [0.4, 0.5) is 0 Å². The molecule has 1 aliphatic carbocycles. The lowest BCUT2D eigenvalue weighted by Crippen LogP contribution is -2.54. The van der Waals surface area contributed by atoms with E-state index in [4.69, 9.17) is 0 Å². The summed E-state index contributed by atoms with van der Waals surface area (Å²) in [7, 11) is 1.74. The molecule has 0 bridgehead atoms. The predicted octanol–water partition coefficient (Wildman–Crippen LogP) is 1.24. The summed E-state index contributed by atoms with van der Waals surface area (Å²) in [5.74, 6) is -0.956. The van der Waals surface area contributed by atoms with E-state index in [1.54, 1.807) is 23.9 Å². The minimum Gasteiger partial charge on any atom is -0.345 e. The van der Waals surface area contributed by atoms with E-state index in [1.165, 1.54) is 6.92 Å². The smallest absolute Gasteiger partial charge is 0.286 e. The molecule has 8 heteroatoms. The number of carbonyl (C=O) groups excluding carboxylic acids is 3. The molecule has 7 nitrogen and oxygen atoms in total. The first-order valence-corrected chi connectivity index (χ1v) is 8.37. The van der Waals surface area contributed by atoms with E-state index >= 15 is 0 Å². The van der Waals surface area contributed by atoms with E-state index in [2.05, 4.69) is 32.1 Å². The molecule has 0 saturated heterocycles. The Hall–Kier alpha value is -1.83. The van der Waals surface area contributed by atoms with Gasteiger partial charge in [-0.15, -0.1) is 0 Å². The number of halogens is 1. The highest BCUT2D eigenvalue weighted by molar-refractivity contribution is 9.10. The van der Waals surface area contributed by atoms with Gasteiger partial charge in [-0.3, -0.25) is 25.2 Å². The van der Waals surface area contributed by atoms with Crippen LogP contribution < -0.4 is 16.2 Å². The number of carbonyl (C=O) groups is 3. The summed E-state index contributed by atoms with van der Waals surface area (Å²) in [5, 5.41) is 2.69. The van der Waals surface area contributed by atoms with Crippen molar-refractivity contribution in [2.24, 2.45) is 13.0 Å². The molecule has 1 aromatic heterocycles. The number of nitrogens with one attached hydrogen (secondary N) is 3. The van der Waals surface area contributed by atoms with E-state index in [-0.39, 0.29) is 11.8 Å². The van der Waals surface area contributed by atoms with Crippen LogP contribution in [0, 0.1) is 5.92 Å². The van der Waals surface area contributed by atoms with Gasteiger partial charge in [-0.1, -0.05) is 12.8 Å². The van der Waals surface area contributed by atoms with Crippen LogP contribution >= 0.6 is 15.9 Å². The number of aryl methyl sites for hydroxylation is 1. The van der Waals surface area contributed by atoms with Gasteiger partial charge in [-0.05, 0) is 40.8 Å². The van der Waals surface area contributed by atoms with Crippen molar-refractivity contribution in [1.29, 1.82) is 0 Å². The molecule has 1 aromatic rings. The summed E-state index contributed by atoms with van der Waals surface area (Å²) >= 11 is 3.29. The zero-order valence-electron chi connectivity index (χ0n) is 13.2. The van der Waals surface area contributed by atoms with Crippen LogP contribution in [0.5, 0.6) is 0 Å². The van der Waals surface area contributed by atoms with Crippen LogP contribution in [0.3, 0.4) is 0 Å². The number of rotatable bonds is 4. The molecule has 0 aliphatic heterocycles. The summed E-state index contributed by atoms with van der Waals surface area (Å²) in [5.41, 5.74) is 5.23. The molecule has 0 aromatic carbocycles. The number of hydrogen-bond donors (Lipinski definition) is 3. The fraction of sp³-hybridized carbons (Fsp3) is 0.533. The van der Waals surface area contributed by atoms with Crippen LogP contribution in [0.15, 0.2) is 16.7 Å². The van der Waals surface area contributed by atoms with Crippen molar-refractivity contribution in [1.82, 2.24) is 20.7 Å². The average molecular weight is 385 g/mol. The van der Waals surface area contributed by atoms with Gasteiger partial charge < -0.3 is 9.88 Å². The first-order chi connectivity index (χ1) is 10.9. The lowest BCUT2D eigenvalue weighted by atomic mass is 9.97. The summed E-state index contributed by atoms with van der Waals surface area (Å²) in [4.78, 5) is 35.8. The van der Waals surface area contributed by atoms with Crippen molar-refractivity contribution < 1.29 is 14.4 Å². The lowest BCUT2D eigenvalue weighted by molar-refractivity contribution is -0.129. The molecular formula is C15H21BrN4O3. The molecule has 1 aliphatic rings. The topological polar surface area (TPSA) is 92.2 Å². The molecule has 1 atom stereocenters. The molecule has 23 heavy (non-hydrogen) atoms.